The number of urea groups is 1. The molecule has 182 valence electrons. The maximum atomic E-state index is 13.1. The fourth-order valence-electron chi connectivity index (χ4n) is 3.84. The maximum Gasteiger partial charge on any atom is 0.333 e. The van der Waals surface area contributed by atoms with Crippen LogP contribution >= 0.6 is 11.3 Å². The van der Waals surface area contributed by atoms with E-state index in [1.54, 1.807) is 13.0 Å². The zero-order valence-electron chi connectivity index (χ0n) is 19.5. The van der Waals surface area contributed by atoms with Crippen LogP contribution in [0.2, 0.25) is 0 Å². The molecule has 5 heterocycles. The molecule has 3 aliphatic heterocycles. The summed E-state index contributed by atoms with van der Waals surface area (Å²) in [5.74, 6) is -1.03. The van der Waals surface area contributed by atoms with Gasteiger partial charge in [-0.25, -0.2) is 14.4 Å². The van der Waals surface area contributed by atoms with E-state index in [2.05, 4.69) is 32.0 Å². The third-order valence-corrected chi connectivity index (χ3v) is 6.72. The van der Waals surface area contributed by atoms with Crippen molar-refractivity contribution in [2.24, 2.45) is 15.0 Å². The third kappa shape index (κ3) is 3.76. The van der Waals surface area contributed by atoms with Gasteiger partial charge in [0.1, 0.15) is 11.5 Å². The zero-order valence-corrected chi connectivity index (χ0v) is 20.3. The molecule has 1 atom stereocenters. The quantitative estimate of drug-likeness (QED) is 0.478. The van der Waals surface area contributed by atoms with Crippen molar-refractivity contribution >= 4 is 64.8 Å². The van der Waals surface area contributed by atoms with Gasteiger partial charge in [0.25, 0.3) is 41.9 Å². The lowest BCUT2D eigenvalue weighted by Crippen LogP contribution is -2.61. The Labute approximate surface area is 208 Å². The van der Waals surface area contributed by atoms with E-state index in [-0.39, 0.29) is 29.7 Å². The van der Waals surface area contributed by atoms with Gasteiger partial charge in [0.15, 0.2) is 6.54 Å². The lowest BCUT2D eigenvalue weighted by Gasteiger charge is -2.30. The lowest BCUT2D eigenvalue weighted by molar-refractivity contribution is -0.519. The SMILES string of the molecule is C=C1C(=O)N=C(n2nc(-c3cccs3)cc2NC(=O)C[N+]2=CN=C3C2C(=O)N(C)C(=O)N3C)N=C1C. The molecule has 2 aromatic rings. The minimum Gasteiger partial charge on any atom is -0.307 e. The molecule has 36 heavy (non-hydrogen) atoms. The monoisotopic (exact) mass is 506 g/mol. The van der Waals surface area contributed by atoms with Crippen LogP contribution in [-0.2, 0) is 14.4 Å². The highest BCUT2D eigenvalue weighted by atomic mass is 32.1. The summed E-state index contributed by atoms with van der Waals surface area (Å²) in [6.45, 7) is 5.08. The Bertz CT molecular complexity index is 1480. The topological polar surface area (TPSA) is 145 Å². The molecule has 0 aliphatic carbocycles. The molecule has 0 aromatic carbocycles. The molecule has 1 saturated heterocycles. The zero-order chi connectivity index (χ0) is 25.7. The number of amidine groups is 1. The molecule has 2 aromatic heterocycles. The lowest BCUT2D eigenvalue weighted by atomic mass is 10.1. The number of likely N-dealkylation sites (N-methyl/N-ethyl adjacent to an activating group) is 2. The molecule has 0 radical (unpaired) electrons. The van der Waals surface area contributed by atoms with Gasteiger partial charge in [-0.05, 0) is 23.4 Å². The van der Waals surface area contributed by atoms with Crippen molar-refractivity contribution in [2.75, 3.05) is 26.0 Å². The van der Waals surface area contributed by atoms with Crippen LogP contribution in [0.15, 0.2) is 50.7 Å². The minimum absolute atomic E-state index is 0.00872. The summed E-state index contributed by atoms with van der Waals surface area (Å²) in [6, 6.07) is 3.99. The molecule has 5 rings (SSSR count). The third-order valence-electron chi connectivity index (χ3n) is 5.83. The van der Waals surface area contributed by atoms with E-state index in [4.69, 9.17) is 0 Å². The Morgan fingerprint density at radius 2 is 2.00 bits per heavy atom. The van der Waals surface area contributed by atoms with Crippen molar-refractivity contribution in [3.05, 3.63) is 35.7 Å². The number of rotatable bonds is 4. The molecular formula is C22H20N9O4S+. The van der Waals surface area contributed by atoms with E-state index in [0.29, 0.717) is 11.4 Å². The van der Waals surface area contributed by atoms with Gasteiger partial charge in [0, 0.05) is 20.2 Å². The molecule has 1 N–H and O–H groups in total. The number of thiophene rings is 1. The number of carbonyl (C=O) groups excluding carboxylic acids is 4. The molecule has 0 saturated carbocycles. The number of hydrogen-bond donors (Lipinski definition) is 1. The van der Waals surface area contributed by atoms with Crippen LogP contribution < -0.4 is 5.32 Å². The van der Waals surface area contributed by atoms with Gasteiger partial charge in [-0.3, -0.25) is 24.2 Å². The highest BCUT2D eigenvalue weighted by Gasteiger charge is 2.50. The number of nitrogens with zero attached hydrogens (tertiary/aromatic N) is 8. The van der Waals surface area contributed by atoms with Crippen LogP contribution in [0.4, 0.5) is 10.6 Å². The number of aromatic nitrogens is 2. The maximum absolute atomic E-state index is 13.1. The number of aliphatic imine (C=N–C) groups is 3. The number of fused-ring (bicyclic) bond motifs is 1. The first-order chi connectivity index (χ1) is 17.2. The molecule has 0 bridgehead atoms. The predicted octanol–water partition coefficient (Wildman–Crippen LogP) is 0.657. The standard InChI is InChI=1S/C22H19N9O4S/c1-11-12(2)24-21(26-19(11)33)31-15(8-13(27-31)14-6-5-7-36-14)25-16(32)9-30-10-23-18-17(30)20(34)29(4)22(35)28(18)3/h5-8,10,17H,1,9H2,2-4H3/p+1. The molecule has 13 nitrogen and oxygen atoms in total. The van der Waals surface area contributed by atoms with E-state index < -0.39 is 29.8 Å². The van der Waals surface area contributed by atoms with E-state index in [1.165, 1.54) is 45.9 Å². The Balaban J connectivity index is 1.42. The summed E-state index contributed by atoms with van der Waals surface area (Å²) < 4.78 is 2.73. The van der Waals surface area contributed by atoms with E-state index in [1.807, 2.05) is 17.5 Å². The Kier molecular flexibility index (Phi) is 5.51. The van der Waals surface area contributed by atoms with Gasteiger partial charge in [-0.2, -0.15) is 14.8 Å². The highest BCUT2D eigenvalue weighted by Crippen LogP contribution is 2.27. The largest absolute Gasteiger partial charge is 0.333 e. The molecule has 3 aliphatic rings. The first kappa shape index (κ1) is 23.2. The van der Waals surface area contributed by atoms with Gasteiger partial charge in [-0.15, -0.1) is 11.3 Å². The van der Waals surface area contributed by atoms with Crippen LogP contribution in [0.3, 0.4) is 0 Å². The Hall–Kier alpha value is -4.59. The second-order valence-corrected chi connectivity index (χ2v) is 9.11. The fraction of sp³-hybridized carbons (Fsp3) is 0.227. The molecule has 5 amide bonds. The Morgan fingerprint density at radius 1 is 1.22 bits per heavy atom. The summed E-state index contributed by atoms with van der Waals surface area (Å²) >= 11 is 1.46. The average molecular weight is 507 g/mol. The first-order valence-electron chi connectivity index (χ1n) is 10.7. The van der Waals surface area contributed by atoms with Crippen LogP contribution in [0.1, 0.15) is 6.92 Å². The van der Waals surface area contributed by atoms with Crippen molar-refractivity contribution in [3.8, 4) is 10.6 Å². The normalized spacial score (nSPS) is 19.7. The van der Waals surface area contributed by atoms with Crippen LogP contribution in [-0.4, -0.2) is 98.4 Å². The van der Waals surface area contributed by atoms with Crippen molar-refractivity contribution < 1.29 is 23.8 Å². The molecule has 14 heteroatoms. The average Bonchev–Trinajstić information content (AvgIpc) is 3.59. The number of amides is 5. The van der Waals surface area contributed by atoms with Crippen LogP contribution in [0, 0.1) is 0 Å². The number of hydrogen-bond acceptors (Lipinski definition) is 8. The van der Waals surface area contributed by atoms with Gasteiger partial charge >= 0.3 is 6.03 Å². The van der Waals surface area contributed by atoms with Crippen molar-refractivity contribution in [1.29, 1.82) is 0 Å². The van der Waals surface area contributed by atoms with Crippen LogP contribution in [0.5, 0.6) is 0 Å². The van der Waals surface area contributed by atoms with E-state index in [0.717, 1.165) is 9.78 Å². The number of carbonyl (C=O) groups is 4. The van der Waals surface area contributed by atoms with Gasteiger partial charge in [0.05, 0.1) is 16.2 Å². The van der Waals surface area contributed by atoms with Gasteiger partial charge < -0.3 is 5.32 Å². The van der Waals surface area contributed by atoms with Gasteiger partial charge in [-0.1, -0.05) is 12.6 Å². The second kappa shape index (κ2) is 8.57. The summed E-state index contributed by atoms with van der Waals surface area (Å²) in [5, 5.41) is 9.16. The van der Waals surface area contributed by atoms with Crippen molar-refractivity contribution in [2.45, 2.75) is 13.0 Å². The van der Waals surface area contributed by atoms with Crippen LogP contribution in [0.25, 0.3) is 10.6 Å². The highest BCUT2D eigenvalue weighted by molar-refractivity contribution is 7.13. The predicted molar refractivity (Wildman–Crippen MR) is 133 cm³/mol. The summed E-state index contributed by atoms with van der Waals surface area (Å²) in [5.41, 5.74) is 1.13. The van der Waals surface area contributed by atoms with E-state index in [9.17, 15) is 19.2 Å². The molecular weight excluding hydrogens is 486 g/mol. The summed E-state index contributed by atoms with van der Waals surface area (Å²) in [7, 11) is 2.89. The van der Waals surface area contributed by atoms with Crippen molar-refractivity contribution in [1.82, 2.24) is 19.6 Å². The number of anilines is 1. The van der Waals surface area contributed by atoms with Crippen molar-refractivity contribution in [3.63, 3.8) is 0 Å². The molecule has 1 unspecified atom stereocenters. The van der Waals surface area contributed by atoms with E-state index >= 15 is 0 Å². The number of imide groups is 1. The summed E-state index contributed by atoms with van der Waals surface area (Å²) in [4.78, 5) is 65.7. The smallest absolute Gasteiger partial charge is 0.307 e. The Morgan fingerprint density at radius 3 is 2.69 bits per heavy atom. The second-order valence-electron chi connectivity index (χ2n) is 8.16. The number of nitrogens with one attached hydrogen (secondary N) is 1. The minimum atomic E-state index is -0.895. The summed E-state index contributed by atoms with van der Waals surface area (Å²) in [6.07, 6.45) is 1.36. The fourth-order valence-corrected chi connectivity index (χ4v) is 4.52. The first-order valence-corrected chi connectivity index (χ1v) is 11.6. The molecule has 1 fully saturated rings. The molecule has 0 spiro atoms. The van der Waals surface area contributed by atoms with Gasteiger partial charge in [0.2, 0.25) is 0 Å².